The predicted octanol–water partition coefficient (Wildman–Crippen LogP) is 7.02. The van der Waals surface area contributed by atoms with Crippen LogP contribution in [0.25, 0.3) is 0 Å². The molecule has 4 heteroatoms. The molecule has 0 N–H and O–H groups in total. The van der Waals surface area contributed by atoms with Gasteiger partial charge in [-0.1, -0.05) is 36.5 Å². The first-order valence-electron chi connectivity index (χ1n) is 10.9. The Hall–Kier alpha value is -2.10. The highest BCUT2D eigenvalue weighted by molar-refractivity contribution is 5.71. The van der Waals surface area contributed by atoms with Crippen LogP contribution in [0.4, 0.5) is 0 Å². The highest BCUT2D eigenvalue weighted by Crippen LogP contribution is 2.23. The quantitative estimate of drug-likeness (QED) is 0.163. The van der Waals surface area contributed by atoms with Crippen molar-refractivity contribution in [2.45, 2.75) is 104 Å². The van der Waals surface area contributed by atoms with E-state index < -0.39 is 11.2 Å². The van der Waals surface area contributed by atoms with Crippen molar-refractivity contribution < 1.29 is 19.1 Å². The SMILES string of the molecule is C=CC(C)(CCC=C(C)C)OC(=O)CCCCC(=O)OC(C)(C=C)CCC=C(C)C. The van der Waals surface area contributed by atoms with Gasteiger partial charge in [-0.25, -0.2) is 0 Å². The zero-order valence-corrected chi connectivity index (χ0v) is 20.0. The van der Waals surface area contributed by atoms with Gasteiger partial charge in [0.1, 0.15) is 11.2 Å². The summed E-state index contributed by atoms with van der Waals surface area (Å²) in [7, 11) is 0. The highest BCUT2D eigenvalue weighted by Gasteiger charge is 2.25. The van der Waals surface area contributed by atoms with E-state index in [4.69, 9.17) is 9.47 Å². The summed E-state index contributed by atoms with van der Waals surface area (Å²) in [6, 6.07) is 0. The molecule has 0 aliphatic carbocycles. The van der Waals surface area contributed by atoms with Crippen molar-refractivity contribution in [3.63, 3.8) is 0 Å². The predicted molar refractivity (Wildman–Crippen MR) is 125 cm³/mol. The number of rotatable bonds is 15. The zero-order valence-electron chi connectivity index (χ0n) is 20.0. The van der Waals surface area contributed by atoms with E-state index >= 15 is 0 Å². The Balaban J connectivity index is 4.33. The van der Waals surface area contributed by atoms with Crippen molar-refractivity contribution in [1.82, 2.24) is 0 Å². The van der Waals surface area contributed by atoms with Crippen LogP contribution in [0.1, 0.15) is 92.9 Å². The van der Waals surface area contributed by atoms with Crippen LogP contribution in [0.15, 0.2) is 48.6 Å². The van der Waals surface area contributed by atoms with Crippen LogP contribution in [0.3, 0.4) is 0 Å². The smallest absolute Gasteiger partial charge is 0.306 e. The molecule has 2 unspecified atom stereocenters. The summed E-state index contributed by atoms with van der Waals surface area (Å²) in [6.07, 6.45) is 12.4. The molecular formula is C26H42O4. The summed E-state index contributed by atoms with van der Waals surface area (Å²) >= 11 is 0. The fourth-order valence-electron chi connectivity index (χ4n) is 2.85. The molecule has 0 saturated carbocycles. The molecule has 0 radical (unpaired) electrons. The summed E-state index contributed by atoms with van der Waals surface area (Å²) in [4.78, 5) is 24.4. The van der Waals surface area contributed by atoms with Gasteiger partial charge >= 0.3 is 11.9 Å². The summed E-state index contributed by atoms with van der Waals surface area (Å²) in [5, 5.41) is 0. The van der Waals surface area contributed by atoms with Gasteiger partial charge in [-0.15, -0.1) is 0 Å². The summed E-state index contributed by atoms with van der Waals surface area (Å²) in [6.45, 7) is 19.5. The largest absolute Gasteiger partial charge is 0.455 e. The van der Waals surface area contributed by atoms with Crippen molar-refractivity contribution in [3.05, 3.63) is 48.6 Å². The minimum Gasteiger partial charge on any atom is -0.455 e. The van der Waals surface area contributed by atoms with Crippen molar-refractivity contribution in [3.8, 4) is 0 Å². The van der Waals surface area contributed by atoms with Crippen LogP contribution in [0, 0.1) is 0 Å². The van der Waals surface area contributed by atoms with Crippen LogP contribution in [-0.2, 0) is 19.1 Å². The number of unbranched alkanes of at least 4 members (excludes halogenated alkanes) is 1. The Bertz CT molecular complexity index is 579. The zero-order chi connectivity index (χ0) is 23.2. The van der Waals surface area contributed by atoms with Gasteiger partial charge in [-0.05, 0) is 92.2 Å². The Morgan fingerprint density at radius 1 is 0.733 bits per heavy atom. The third-order valence-electron chi connectivity index (χ3n) is 4.96. The standard InChI is InChI=1S/C26H42O4/c1-9-25(7,19-13-15-21(3)4)29-23(27)17-11-12-18-24(28)30-26(8,10-2)20-14-16-22(5)6/h9-10,15-16H,1-2,11-14,17-20H2,3-8H3. The minimum absolute atomic E-state index is 0.263. The van der Waals surface area contributed by atoms with Gasteiger partial charge in [0.25, 0.3) is 0 Å². The average molecular weight is 419 g/mol. The molecule has 170 valence electrons. The Morgan fingerprint density at radius 2 is 1.07 bits per heavy atom. The molecule has 0 aliphatic heterocycles. The van der Waals surface area contributed by atoms with E-state index in [-0.39, 0.29) is 24.8 Å². The molecule has 0 bridgehead atoms. The van der Waals surface area contributed by atoms with Crippen LogP contribution in [-0.4, -0.2) is 23.1 Å². The molecule has 0 aromatic heterocycles. The maximum Gasteiger partial charge on any atom is 0.306 e. The number of esters is 2. The average Bonchev–Trinajstić information content (AvgIpc) is 2.64. The number of carbonyl (C=O) groups is 2. The minimum atomic E-state index is -0.668. The molecule has 30 heavy (non-hydrogen) atoms. The molecule has 2 atom stereocenters. The van der Waals surface area contributed by atoms with E-state index in [2.05, 4.69) is 25.3 Å². The molecule has 0 saturated heterocycles. The van der Waals surface area contributed by atoms with Crippen molar-refractivity contribution in [2.24, 2.45) is 0 Å². The fourth-order valence-corrected chi connectivity index (χ4v) is 2.85. The first kappa shape index (κ1) is 27.9. The third-order valence-corrected chi connectivity index (χ3v) is 4.96. The number of hydrogen-bond donors (Lipinski definition) is 0. The van der Waals surface area contributed by atoms with Crippen molar-refractivity contribution in [2.75, 3.05) is 0 Å². The Labute approximate surface area is 184 Å². The summed E-state index contributed by atoms with van der Waals surface area (Å²) in [5.74, 6) is -0.527. The van der Waals surface area contributed by atoms with Gasteiger partial charge < -0.3 is 9.47 Å². The number of hydrogen-bond acceptors (Lipinski definition) is 4. The van der Waals surface area contributed by atoms with E-state index in [1.807, 2.05) is 41.5 Å². The van der Waals surface area contributed by atoms with Gasteiger partial charge in [-0.3, -0.25) is 9.59 Å². The lowest BCUT2D eigenvalue weighted by molar-refractivity contribution is -0.156. The number of allylic oxidation sites excluding steroid dienone is 4. The van der Waals surface area contributed by atoms with E-state index in [9.17, 15) is 9.59 Å². The first-order valence-corrected chi connectivity index (χ1v) is 10.9. The maximum absolute atomic E-state index is 12.2. The van der Waals surface area contributed by atoms with Crippen LogP contribution in [0.2, 0.25) is 0 Å². The first-order chi connectivity index (χ1) is 13.9. The van der Waals surface area contributed by atoms with E-state index in [0.717, 1.165) is 12.8 Å². The van der Waals surface area contributed by atoms with Gasteiger partial charge in [0.2, 0.25) is 0 Å². The van der Waals surface area contributed by atoms with Gasteiger partial charge in [0.15, 0.2) is 0 Å². The van der Waals surface area contributed by atoms with E-state index in [1.54, 1.807) is 12.2 Å². The molecule has 0 aromatic rings. The molecule has 0 rings (SSSR count). The lowest BCUT2D eigenvalue weighted by Crippen LogP contribution is -2.29. The second kappa shape index (κ2) is 14.0. The van der Waals surface area contributed by atoms with Gasteiger partial charge in [0.05, 0.1) is 0 Å². The summed E-state index contributed by atoms with van der Waals surface area (Å²) in [5.41, 5.74) is 1.14. The molecule has 0 fully saturated rings. The topological polar surface area (TPSA) is 52.6 Å². The van der Waals surface area contributed by atoms with E-state index in [1.165, 1.54) is 11.1 Å². The maximum atomic E-state index is 12.2. The van der Waals surface area contributed by atoms with Gasteiger partial charge in [0, 0.05) is 12.8 Å². The second-order valence-electron chi connectivity index (χ2n) is 8.83. The molecule has 0 aliphatic rings. The lowest BCUT2D eigenvalue weighted by Gasteiger charge is -2.26. The number of carbonyl (C=O) groups excluding carboxylic acids is 2. The Morgan fingerprint density at radius 3 is 1.33 bits per heavy atom. The molecule has 0 spiro atoms. The van der Waals surface area contributed by atoms with Crippen LogP contribution in [0.5, 0.6) is 0 Å². The van der Waals surface area contributed by atoms with E-state index in [0.29, 0.717) is 25.7 Å². The summed E-state index contributed by atoms with van der Waals surface area (Å²) < 4.78 is 11.2. The lowest BCUT2D eigenvalue weighted by atomic mass is 9.99. The third kappa shape index (κ3) is 13.2. The normalized spacial score (nSPS) is 14.5. The molecular weight excluding hydrogens is 376 g/mol. The fraction of sp³-hybridized carbons (Fsp3) is 0.615. The molecule has 0 amide bonds. The Kier molecular flexibility index (Phi) is 13.0. The van der Waals surface area contributed by atoms with Crippen LogP contribution >= 0.6 is 0 Å². The van der Waals surface area contributed by atoms with Crippen LogP contribution < -0.4 is 0 Å². The number of ether oxygens (including phenoxy) is 2. The second-order valence-corrected chi connectivity index (χ2v) is 8.83. The highest BCUT2D eigenvalue weighted by atomic mass is 16.6. The molecule has 0 heterocycles. The molecule has 4 nitrogen and oxygen atoms in total. The monoisotopic (exact) mass is 418 g/mol. The van der Waals surface area contributed by atoms with Gasteiger partial charge in [-0.2, -0.15) is 0 Å². The molecule has 0 aromatic carbocycles. The van der Waals surface area contributed by atoms with Crippen molar-refractivity contribution >= 4 is 11.9 Å². The van der Waals surface area contributed by atoms with Crippen molar-refractivity contribution in [1.29, 1.82) is 0 Å².